The molecule has 16 heavy (non-hydrogen) atoms. The molecule has 0 radical (unpaired) electrons. The molecule has 0 aromatic carbocycles. The van der Waals surface area contributed by atoms with E-state index in [0.29, 0.717) is 6.04 Å². The van der Waals surface area contributed by atoms with Gasteiger partial charge in [0.1, 0.15) is 0 Å². The van der Waals surface area contributed by atoms with Gasteiger partial charge in [0.15, 0.2) is 0 Å². The highest BCUT2D eigenvalue weighted by Crippen LogP contribution is 2.15. The topological polar surface area (TPSA) is 101 Å². The van der Waals surface area contributed by atoms with Crippen LogP contribution in [-0.2, 0) is 14.8 Å². The fourth-order valence-corrected chi connectivity index (χ4v) is 2.22. The monoisotopic (exact) mass is 249 g/mol. The molecule has 0 aromatic rings. The Labute approximate surface area is 96.0 Å². The molecule has 2 atom stereocenters. The maximum atomic E-state index is 11.7. The predicted octanol–water partition coefficient (Wildman–Crippen LogP) is -1.22. The molecule has 1 fully saturated rings. The van der Waals surface area contributed by atoms with Crippen LogP contribution in [0.1, 0.15) is 19.8 Å². The Balaban J connectivity index is 2.29. The normalized spacial score (nSPS) is 26.4. The van der Waals surface area contributed by atoms with Crippen LogP contribution in [0.4, 0.5) is 0 Å². The molecule has 1 aliphatic rings. The van der Waals surface area contributed by atoms with Crippen LogP contribution in [0.3, 0.4) is 0 Å². The standard InChI is InChI=1S/C9H19N3O3S/c1-7-6-8(2-3-11-7)9(13)12-4-5-16(10,14)15/h7-8,11H,2-6H2,1H3,(H,12,13)(H2,10,14,15). The molecule has 1 saturated heterocycles. The fraction of sp³-hybridized carbons (Fsp3) is 0.889. The van der Waals surface area contributed by atoms with E-state index < -0.39 is 10.0 Å². The lowest BCUT2D eigenvalue weighted by Crippen LogP contribution is -2.43. The minimum atomic E-state index is -3.49. The largest absolute Gasteiger partial charge is 0.355 e. The molecular weight excluding hydrogens is 230 g/mol. The van der Waals surface area contributed by atoms with E-state index >= 15 is 0 Å². The third kappa shape index (κ3) is 4.91. The molecule has 6 nitrogen and oxygen atoms in total. The molecule has 0 aliphatic carbocycles. The van der Waals surface area contributed by atoms with Gasteiger partial charge in [-0.3, -0.25) is 4.79 Å². The van der Waals surface area contributed by atoms with Gasteiger partial charge >= 0.3 is 0 Å². The number of hydrogen-bond acceptors (Lipinski definition) is 4. The summed E-state index contributed by atoms with van der Waals surface area (Å²) in [5.41, 5.74) is 0. The van der Waals surface area contributed by atoms with Crippen molar-refractivity contribution in [3.8, 4) is 0 Å². The summed E-state index contributed by atoms with van der Waals surface area (Å²) in [4.78, 5) is 11.7. The van der Waals surface area contributed by atoms with Crippen LogP contribution < -0.4 is 15.8 Å². The average molecular weight is 249 g/mol. The number of nitrogens with two attached hydrogens (primary N) is 1. The maximum absolute atomic E-state index is 11.7. The minimum Gasteiger partial charge on any atom is -0.355 e. The molecule has 1 aliphatic heterocycles. The number of hydrogen-bond donors (Lipinski definition) is 3. The Kier molecular flexibility index (Phi) is 4.69. The molecule has 0 spiro atoms. The van der Waals surface area contributed by atoms with E-state index in [4.69, 9.17) is 5.14 Å². The van der Waals surface area contributed by atoms with Crippen LogP contribution in [0.5, 0.6) is 0 Å². The Hall–Kier alpha value is -0.660. The molecule has 4 N–H and O–H groups in total. The molecule has 0 aromatic heterocycles. The molecule has 1 amide bonds. The van der Waals surface area contributed by atoms with Gasteiger partial charge < -0.3 is 10.6 Å². The summed E-state index contributed by atoms with van der Waals surface area (Å²) in [5.74, 6) is -0.298. The first-order chi connectivity index (χ1) is 7.38. The Morgan fingerprint density at radius 1 is 1.56 bits per heavy atom. The first kappa shape index (κ1) is 13.4. The van der Waals surface area contributed by atoms with E-state index in [9.17, 15) is 13.2 Å². The van der Waals surface area contributed by atoms with Crippen LogP contribution in [0, 0.1) is 5.92 Å². The second kappa shape index (κ2) is 5.60. The van der Waals surface area contributed by atoms with E-state index in [1.165, 1.54) is 0 Å². The zero-order valence-corrected chi connectivity index (χ0v) is 10.2. The lowest BCUT2D eigenvalue weighted by atomic mass is 9.92. The number of amides is 1. The lowest BCUT2D eigenvalue weighted by Gasteiger charge is -2.27. The summed E-state index contributed by atoms with van der Waals surface area (Å²) in [6.07, 6.45) is 1.59. The van der Waals surface area contributed by atoms with Crippen molar-refractivity contribution in [3.63, 3.8) is 0 Å². The number of primary sulfonamides is 1. The first-order valence-corrected chi connectivity index (χ1v) is 7.11. The van der Waals surface area contributed by atoms with Gasteiger partial charge in [0.25, 0.3) is 0 Å². The summed E-state index contributed by atoms with van der Waals surface area (Å²) in [6, 6.07) is 0.336. The number of nitrogens with one attached hydrogen (secondary N) is 2. The molecule has 0 bridgehead atoms. The van der Waals surface area contributed by atoms with Crippen molar-refractivity contribution in [2.45, 2.75) is 25.8 Å². The predicted molar refractivity (Wildman–Crippen MR) is 61.2 cm³/mol. The van der Waals surface area contributed by atoms with E-state index in [-0.39, 0.29) is 24.1 Å². The van der Waals surface area contributed by atoms with Gasteiger partial charge in [-0.25, -0.2) is 13.6 Å². The van der Waals surface area contributed by atoms with Crippen molar-refractivity contribution in [1.29, 1.82) is 0 Å². The smallest absolute Gasteiger partial charge is 0.223 e. The number of sulfonamides is 1. The maximum Gasteiger partial charge on any atom is 0.223 e. The number of rotatable bonds is 4. The summed E-state index contributed by atoms with van der Waals surface area (Å²) in [6.45, 7) is 2.95. The van der Waals surface area contributed by atoms with Crippen molar-refractivity contribution < 1.29 is 13.2 Å². The van der Waals surface area contributed by atoms with E-state index in [2.05, 4.69) is 10.6 Å². The Bertz CT molecular complexity index is 342. The molecule has 94 valence electrons. The summed E-state index contributed by atoms with van der Waals surface area (Å²) in [5, 5.41) is 10.7. The number of piperidine rings is 1. The molecular formula is C9H19N3O3S. The van der Waals surface area contributed by atoms with Crippen molar-refractivity contribution in [1.82, 2.24) is 10.6 Å². The van der Waals surface area contributed by atoms with Crippen LogP contribution in [-0.4, -0.2) is 39.2 Å². The van der Waals surface area contributed by atoms with Crippen molar-refractivity contribution in [2.75, 3.05) is 18.8 Å². The molecule has 0 saturated carbocycles. The van der Waals surface area contributed by atoms with Gasteiger partial charge in [0.2, 0.25) is 15.9 Å². The van der Waals surface area contributed by atoms with Crippen LogP contribution in [0.2, 0.25) is 0 Å². The molecule has 2 unspecified atom stereocenters. The van der Waals surface area contributed by atoms with E-state index in [0.717, 1.165) is 19.4 Å². The van der Waals surface area contributed by atoms with Crippen molar-refractivity contribution in [3.05, 3.63) is 0 Å². The fourth-order valence-electron chi connectivity index (χ4n) is 1.83. The quantitative estimate of drug-likeness (QED) is 0.581. The summed E-state index contributed by atoms with van der Waals surface area (Å²) in [7, 11) is -3.49. The summed E-state index contributed by atoms with van der Waals surface area (Å²) >= 11 is 0. The molecule has 1 heterocycles. The van der Waals surface area contributed by atoms with Gasteiger partial charge in [-0.1, -0.05) is 0 Å². The third-order valence-corrected chi connectivity index (χ3v) is 3.45. The van der Waals surface area contributed by atoms with Crippen LogP contribution in [0.25, 0.3) is 0 Å². The third-order valence-electron chi connectivity index (χ3n) is 2.68. The SMILES string of the molecule is CC1CC(C(=O)NCCS(N)(=O)=O)CCN1. The summed E-state index contributed by atoms with van der Waals surface area (Å²) < 4.78 is 21.3. The van der Waals surface area contributed by atoms with Gasteiger partial charge in [-0.05, 0) is 26.3 Å². The van der Waals surface area contributed by atoms with Crippen molar-refractivity contribution in [2.24, 2.45) is 11.1 Å². The van der Waals surface area contributed by atoms with Crippen molar-refractivity contribution >= 4 is 15.9 Å². The Morgan fingerprint density at radius 2 is 2.25 bits per heavy atom. The second-order valence-corrected chi connectivity index (χ2v) is 5.97. The van der Waals surface area contributed by atoms with Crippen LogP contribution in [0.15, 0.2) is 0 Å². The number of carbonyl (C=O) groups excluding carboxylic acids is 1. The zero-order chi connectivity index (χ0) is 12.2. The highest BCUT2D eigenvalue weighted by molar-refractivity contribution is 7.89. The molecule has 7 heteroatoms. The van der Waals surface area contributed by atoms with Gasteiger partial charge in [0.05, 0.1) is 5.75 Å². The van der Waals surface area contributed by atoms with Gasteiger partial charge in [-0.15, -0.1) is 0 Å². The van der Waals surface area contributed by atoms with Crippen LogP contribution >= 0.6 is 0 Å². The van der Waals surface area contributed by atoms with E-state index in [1.54, 1.807) is 0 Å². The average Bonchev–Trinajstić information content (AvgIpc) is 2.15. The lowest BCUT2D eigenvalue weighted by molar-refractivity contribution is -0.125. The number of carbonyl (C=O) groups is 1. The van der Waals surface area contributed by atoms with E-state index in [1.807, 2.05) is 6.92 Å². The van der Waals surface area contributed by atoms with Gasteiger partial charge in [0, 0.05) is 18.5 Å². The second-order valence-electron chi connectivity index (χ2n) is 4.23. The molecule has 1 rings (SSSR count). The highest BCUT2D eigenvalue weighted by atomic mass is 32.2. The highest BCUT2D eigenvalue weighted by Gasteiger charge is 2.24. The first-order valence-electron chi connectivity index (χ1n) is 5.40. The zero-order valence-electron chi connectivity index (χ0n) is 9.40. The minimum absolute atomic E-state index is 0.0169. The Morgan fingerprint density at radius 3 is 2.81 bits per heavy atom. The van der Waals surface area contributed by atoms with Gasteiger partial charge in [-0.2, -0.15) is 0 Å².